The Balaban J connectivity index is 1.79. The van der Waals surface area contributed by atoms with Crippen molar-refractivity contribution in [1.29, 1.82) is 0 Å². The summed E-state index contributed by atoms with van der Waals surface area (Å²) < 4.78 is 28.7. The molecule has 4 rings (SSSR count). The van der Waals surface area contributed by atoms with E-state index < -0.39 is 5.82 Å². The zero-order valence-corrected chi connectivity index (χ0v) is 16.5. The van der Waals surface area contributed by atoms with Crippen molar-refractivity contribution in [3.8, 4) is 11.1 Å². The fourth-order valence-electron chi connectivity index (χ4n) is 3.76. The van der Waals surface area contributed by atoms with Crippen LogP contribution in [0.4, 0.5) is 8.78 Å². The maximum atomic E-state index is 14.9. The molecule has 3 heteroatoms. The van der Waals surface area contributed by atoms with Gasteiger partial charge in [0, 0.05) is 5.56 Å². The van der Waals surface area contributed by atoms with Crippen LogP contribution in [0, 0.1) is 11.6 Å². The van der Waals surface area contributed by atoms with Crippen LogP contribution in [0.1, 0.15) is 31.7 Å². The maximum Gasteiger partial charge on any atom is 0.142 e. The molecule has 0 aliphatic carbocycles. The average Bonchev–Trinajstić information content (AvgIpc) is 2.69. The number of halogens is 3. The highest BCUT2D eigenvalue weighted by atomic mass is 35.5. The monoisotopic (exact) mass is 394 g/mol. The van der Waals surface area contributed by atoms with E-state index >= 15 is 0 Å². The van der Waals surface area contributed by atoms with Gasteiger partial charge in [-0.05, 0) is 69.8 Å². The number of aryl methyl sites for hydroxylation is 1. The van der Waals surface area contributed by atoms with Crippen molar-refractivity contribution in [3.63, 3.8) is 0 Å². The van der Waals surface area contributed by atoms with Gasteiger partial charge in [-0.2, -0.15) is 0 Å². The number of unbranched alkanes of at least 4 members (excludes halogenated alkanes) is 2. The van der Waals surface area contributed by atoms with Crippen LogP contribution in [0.25, 0.3) is 32.7 Å². The van der Waals surface area contributed by atoms with E-state index in [1.165, 1.54) is 37.0 Å². The molecular formula is C25H21ClF2. The van der Waals surface area contributed by atoms with Crippen LogP contribution in [-0.2, 0) is 6.42 Å². The molecule has 0 spiro atoms. The second-order valence-electron chi connectivity index (χ2n) is 7.26. The summed E-state index contributed by atoms with van der Waals surface area (Å²) in [6, 6.07) is 18.2. The fraction of sp³-hybridized carbons (Fsp3) is 0.200. The van der Waals surface area contributed by atoms with E-state index in [0.717, 1.165) is 28.0 Å². The lowest BCUT2D eigenvalue weighted by Crippen LogP contribution is -1.90. The molecule has 4 aromatic rings. The first kappa shape index (κ1) is 18.9. The van der Waals surface area contributed by atoms with Crippen LogP contribution >= 0.6 is 11.6 Å². The van der Waals surface area contributed by atoms with E-state index in [1.54, 1.807) is 18.2 Å². The Kier molecular flexibility index (Phi) is 5.32. The summed E-state index contributed by atoms with van der Waals surface area (Å²) >= 11 is 5.75. The fourth-order valence-corrected chi connectivity index (χ4v) is 3.87. The van der Waals surface area contributed by atoms with E-state index in [2.05, 4.69) is 31.2 Å². The molecule has 0 bridgehead atoms. The average molecular weight is 395 g/mol. The van der Waals surface area contributed by atoms with Crippen molar-refractivity contribution in [2.24, 2.45) is 0 Å². The van der Waals surface area contributed by atoms with Crippen molar-refractivity contribution < 1.29 is 8.78 Å². The van der Waals surface area contributed by atoms with E-state index in [-0.39, 0.29) is 10.8 Å². The molecule has 0 N–H and O–H groups in total. The minimum atomic E-state index is -0.548. The molecule has 0 saturated heterocycles. The van der Waals surface area contributed by atoms with Crippen molar-refractivity contribution in [1.82, 2.24) is 0 Å². The Morgan fingerprint density at radius 2 is 1.54 bits per heavy atom. The molecule has 4 aromatic carbocycles. The van der Waals surface area contributed by atoms with Crippen LogP contribution in [0.15, 0.2) is 60.7 Å². The van der Waals surface area contributed by atoms with Gasteiger partial charge in [0.05, 0.1) is 5.02 Å². The Labute approximate surface area is 168 Å². The molecule has 0 amide bonds. The zero-order valence-electron chi connectivity index (χ0n) is 15.7. The summed E-state index contributed by atoms with van der Waals surface area (Å²) in [5.74, 6) is -0.915. The summed E-state index contributed by atoms with van der Waals surface area (Å²) in [6.45, 7) is 2.20. The van der Waals surface area contributed by atoms with Crippen LogP contribution in [0.3, 0.4) is 0 Å². The molecule has 0 aliphatic rings. The summed E-state index contributed by atoms with van der Waals surface area (Å²) in [6.07, 6.45) is 4.69. The second kappa shape index (κ2) is 7.89. The van der Waals surface area contributed by atoms with Crippen LogP contribution in [-0.4, -0.2) is 0 Å². The zero-order chi connectivity index (χ0) is 19.7. The third-order valence-corrected chi connectivity index (χ3v) is 5.59. The highest BCUT2D eigenvalue weighted by Crippen LogP contribution is 2.33. The van der Waals surface area contributed by atoms with Gasteiger partial charge >= 0.3 is 0 Å². The molecule has 0 fully saturated rings. The van der Waals surface area contributed by atoms with Gasteiger partial charge in [-0.15, -0.1) is 0 Å². The topological polar surface area (TPSA) is 0 Å². The highest BCUT2D eigenvalue weighted by Gasteiger charge is 2.11. The van der Waals surface area contributed by atoms with Gasteiger partial charge < -0.3 is 0 Å². The van der Waals surface area contributed by atoms with Gasteiger partial charge in [-0.3, -0.25) is 0 Å². The first-order valence-electron chi connectivity index (χ1n) is 9.67. The minimum absolute atomic E-state index is 0.0330. The van der Waals surface area contributed by atoms with E-state index in [4.69, 9.17) is 11.6 Å². The summed E-state index contributed by atoms with van der Waals surface area (Å²) in [7, 11) is 0. The normalized spacial score (nSPS) is 11.4. The molecule has 0 unspecified atom stereocenters. The second-order valence-corrected chi connectivity index (χ2v) is 7.67. The van der Waals surface area contributed by atoms with Gasteiger partial charge in [0.2, 0.25) is 0 Å². The molecule has 0 aliphatic heterocycles. The molecule has 28 heavy (non-hydrogen) atoms. The van der Waals surface area contributed by atoms with E-state index in [9.17, 15) is 8.78 Å². The van der Waals surface area contributed by atoms with Crippen molar-refractivity contribution in [3.05, 3.63) is 82.9 Å². The quantitative estimate of drug-likeness (QED) is 0.236. The minimum Gasteiger partial charge on any atom is -0.206 e. The third kappa shape index (κ3) is 3.62. The molecule has 0 aromatic heterocycles. The van der Waals surface area contributed by atoms with E-state index in [1.807, 2.05) is 6.07 Å². The lowest BCUT2D eigenvalue weighted by molar-refractivity contribution is 0.625. The molecule has 0 heterocycles. The summed E-state index contributed by atoms with van der Waals surface area (Å²) in [5.41, 5.74) is 2.17. The summed E-state index contributed by atoms with van der Waals surface area (Å²) in [5, 5.41) is 3.98. The number of rotatable bonds is 5. The van der Waals surface area contributed by atoms with Crippen molar-refractivity contribution in [2.45, 2.75) is 32.6 Å². The van der Waals surface area contributed by atoms with Gasteiger partial charge in [0.25, 0.3) is 0 Å². The predicted octanol–water partition coefficient (Wildman–Crippen LogP) is 8.32. The van der Waals surface area contributed by atoms with Gasteiger partial charge in [-0.1, -0.05) is 67.8 Å². The highest BCUT2D eigenvalue weighted by molar-refractivity contribution is 6.30. The third-order valence-electron chi connectivity index (χ3n) is 5.29. The van der Waals surface area contributed by atoms with Crippen molar-refractivity contribution in [2.75, 3.05) is 0 Å². The maximum absolute atomic E-state index is 14.9. The number of hydrogen-bond acceptors (Lipinski definition) is 0. The van der Waals surface area contributed by atoms with E-state index in [0.29, 0.717) is 11.1 Å². The Bertz CT molecular complexity index is 1160. The SMILES string of the molecule is CCCCCc1ccc2c(ccc3cc(-c4ccc(Cl)c(F)c4)c(F)cc32)c1. The van der Waals surface area contributed by atoms with Crippen molar-refractivity contribution >= 4 is 33.1 Å². The number of hydrogen-bond donors (Lipinski definition) is 0. The molecule has 142 valence electrons. The standard InChI is InChI=1S/C25H21ClF2/c1-2-3-4-5-16-6-10-20-17(12-16)7-8-18-13-22(24(27)15-21(18)20)19-9-11-23(26)25(28)14-19/h6-15H,2-5H2,1H3. The number of benzene rings is 4. The Morgan fingerprint density at radius 3 is 2.29 bits per heavy atom. The largest absolute Gasteiger partial charge is 0.206 e. The number of fused-ring (bicyclic) bond motifs is 3. The first-order chi connectivity index (χ1) is 13.6. The lowest BCUT2D eigenvalue weighted by atomic mass is 9.95. The van der Waals surface area contributed by atoms with Crippen LogP contribution < -0.4 is 0 Å². The molecule has 0 saturated carbocycles. The smallest absolute Gasteiger partial charge is 0.142 e. The van der Waals surface area contributed by atoms with Crippen LogP contribution in [0.5, 0.6) is 0 Å². The molecular weight excluding hydrogens is 374 g/mol. The first-order valence-corrected chi connectivity index (χ1v) is 10.0. The van der Waals surface area contributed by atoms with Gasteiger partial charge in [0.15, 0.2) is 0 Å². The Morgan fingerprint density at radius 1 is 0.750 bits per heavy atom. The summed E-state index contributed by atoms with van der Waals surface area (Å²) in [4.78, 5) is 0. The molecule has 0 nitrogen and oxygen atoms in total. The lowest BCUT2D eigenvalue weighted by Gasteiger charge is -2.10. The van der Waals surface area contributed by atoms with Gasteiger partial charge in [-0.25, -0.2) is 8.78 Å². The Hall–Kier alpha value is -2.45. The van der Waals surface area contributed by atoms with Crippen LogP contribution in [0.2, 0.25) is 5.02 Å². The molecule has 0 atom stereocenters. The predicted molar refractivity (Wildman–Crippen MR) is 115 cm³/mol. The van der Waals surface area contributed by atoms with Gasteiger partial charge in [0.1, 0.15) is 11.6 Å². The molecule has 0 radical (unpaired) electrons.